The second kappa shape index (κ2) is 6.17. The first-order valence-corrected chi connectivity index (χ1v) is 5.35. The molecule has 5 heteroatoms. The van der Waals surface area contributed by atoms with Crippen LogP contribution in [0.2, 0.25) is 0 Å². The third kappa shape index (κ3) is 3.27. The average molecular weight is 239 g/mol. The first kappa shape index (κ1) is 12.6. The molecule has 0 aromatic heterocycles. The Morgan fingerprint density at radius 3 is 2.50 bits per heavy atom. The van der Waals surface area contributed by atoms with Crippen molar-refractivity contribution < 1.29 is 14.3 Å². The van der Waals surface area contributed by atoms with Gasteiger partial charge in [-0.2, -0.15) is 12.6 Å². The monoisotopic (exact) mass is 239 g/mol. The van der Waals surface area contributed by atoms with Crippen LogP contribution in [0.25, 0.3) is 0 Å². The number of carbonyl (C=O) groups excluding carboxylic acids is 2. The number of methoxy groups -OCH3 is 1. The fraction of sp³-hybridized carbons (Fsp3) is 0.273. The molecule has 0 heterocycles. The van der Waals surface area contributed by atoms with E-state index in [0.717, 1.165) is 0 Å². The molecule has 0 fully saturated rings. The molecule has 1 amide bonds. The number of hydrogen-bond donors (Lipinski definition) is 2. The number of ether oxygens (including phenoxy) is 1. The summed E-state index contributed by atoms with van der Waals surface area (Å²) in [5.74, 6) is -0.788. The molecule has 1 unspecified atom stereocenters. The molecule has 1 aromatic carbocycles. The lowest BCUT2D eigenvalue weighted by atomic mass is 10.1. The number of carbonyl (C=O) groups is 2. The molecule has 16 heavy (non-hydrogen) atoms. The summed E-state index contributed by atoms with van der Waals surface area (Å²) >= 11 is 3.84. The van der Waals surface area contributed by atoms with Crippen LogP contribution in [0.15, 0.2) is 30.3 Å². The van der Waals surface area contributed by atoms with Crippen LogP contribution < -0.4 is 5.32 Å². The van der Waals surface area contributed by atoms with Crippen LogP contribution in [0.4, 0.5) is 0 Å². The Hall–Kier alpha value is -1.49. The lowest BCUT2D eigenvalue weighted by molar-refractivity contribution is -0.145. The van der Waals surface area contributed by atoms with E-state index in [4.69, 9.17) is 0 Å². The number of amides is 1. The van der Waals surface area contributed by atoms with Crippen molar-refractivity contribution in [2.75, 3.05) is 12.9 Å². The summed E-state index contributed by atoms with van der Waals surface area (Å²) in [6.07, 6.45) is 0. The second-order valence-electron chi connectivity index (χ2n) is 3.09. The lowest BCUT2D eigenvalue weighted by Crippen LogP contribution is -2.35. The molecular weight excluding hydrogens is 226 g/mol. The Balaban J connectivity index is 2.88. The first-order valence-electron chi connectivity index (χ1n) is 4.72. The van der Waals surface area contributed by atoms with Gasteiger partial charge in [-0.15, -0.1) is 0 Å². The molecule has 1 aromatic rings. The van der Waals surface area contributed by atoms with Gasteiger partial charge in [-0.3, -0.25) is 4.79 Å². The van der Waals surface area contributed by atoms with Gasteiger partial charge in [0.1, 0.15) is 0 Å². The van der Waals surface area contributed by atoms with Crippen LogP contribution in [0.5, 0.6) is 0 Å². The summed E-state index contributed by atoms with van der Waals surface area (Å²) in [6.45, 7) is 0. The third-order valence-corrected chi connectivity index (χ3v) is 2.31. The van der Waals surface area contributed by atoms with Gasteiger partial charge in [0.2, 0.25) is 5.91 Å². The molecule has 0 aliphatic heterocycles. The molecule has 1 atom stereocenters. The van der Waals surface area contributed by atoms with Gasteiger partial charge >= 0.3 is 5.97 Å². The summed E-state index contributed by atoms with van der Waals surface area (Å²) in [5, 5.41) is 2.54. The Labute approximate surface area is 99.4 Å². The van der Waals surface area contributed by atoms with E-state index < -0.39 is 12.0 Å². The van der Waals surface area contributed by atoms with Crippen LogP contribution in [0, 0.1) is 0 Å². The molecule has 1 N–H and O–H groups in total. The van der Waals surface area contributed by atoms with Gasteiger partial charge in [0, 0.05) is 0 Å². The number of thiol groups is 1. The Morgan fingerprint density at radius 1 is 1.38 bits per heavy atom. The highest BCUT2D eigenvalue weighted by Crippen LogP contribution is 2.13. The van der Waals surface area contributed by atoms with Gasteiger partial charge in [0.05, 0.1) is 12.9 Å². The molecule has 0 radical (unpaired) electrons. The highest BCUT2D eigenvalue weighted by atomic mass is 32.1. The van der Waals surface area contributed by atoms with E-state index >= 15 is 0 Å². The Morgan fingerprint density at radius 2 is 2.00 bits per heavy atom. The minimum absolute atomic E-state index is 0.0281. The fourth-order valence-corrected chi connectivity index (χ4v) is 1.34. The van der Waals surface area contributed by atoms with Crippen molar-refractivity contribution in [3.63, 3.8) is 0 Å². The van der Waals surface area contributed by atoms with Gasteiger partial charge in [0.15, 0.2) is 6.04 Å². The largest absolute Gasteiger partial charge is 0.467 e. The Bertz CT molecular complexity index is 367. The summed E-state index contributed by atoms with van der Waals surface area (Å²) in [4.78, 5) is 22.7. The van der Waals surface area contributed by atoms with E-state index in [2.05, 4.69) is 22.7 Å². The molecule has 0 saturated carbocycles. The predicted octanol–water partition coefficient (Wildman–Crippen LogP) is 0.947. The number of rotatable bonds is 4. The van der Waals surface area contributed by atoms with E-state index in [1.807, 2.05) is 6.07 Å². The van der Waals surface area contributed by atoms with Crippen molar-refractivity contribution in [2.24, 2.45) is 0 Å². The van der Waals surface area contributed by atoms with Crippen LogP contribution in [0.1, 0.15) is 11.6 Å². The smallest absolute Gasteiger partial charge is 0.333 e. The number of esters is 1. The second-order valence-corrected chi connectivity index (χ2v) is 3.41. The van der Waals surface area contributed by atoms with Gasteiger partial charge in [-0.1, -0.05) is 30.3 Å². The highest BCUT2D eigenvalue weighted by molar-refractivity contribution is 7.81. The summed E-state index contributed by atoms with van der Waals surface area (Å²) in [7, 11) is 1.28. The quantitative estimate of drug-likeness (QED) is 0.607. The zero-order valence-corrected chi connectivity index (χ0v) is 9.74. The van der Waals surface area contributed by atoms with Gasteiger partial charge in [-0.25, -0.2) is 4.79 Å². The van der Waals surface area contributed by atoms with Crippen LogP contribution >= 0.6 is 12.6 Å². The Kier molecular flexibility index (Phi) is 4.85. The maximum atomic E-state index is 11.5. The minimum Gasteiger partial charge on any atom is -0.467 e. The number of hydrogen-bond acceptors (Lipinski definition) is 4. The SMILES string of the molecule is COC(=O)C(NC(=O)CS)c1ccccc1. The maximum absolute atomic E-state index is 11.5. The minimum atomic E-state index is -0.772. The van der Waals surface area contributed by atoms with Crippen LogP contribution in [-0.4, -0.2) is 24.7 Å². The van der Waals surface area contributed by atoms with Crippen molar-refractivity contribution in [1.29, 1.82) is 0 Å². The number of benzene rings is 1. The average Bonchev–Trinajstić information content (AvgIpc) is 2.35. The molecule has 86 valence electrons. The molecule has 0 spiro atoms. The molecule has 0 aliphatic carbocycles. The molecule has 0 bridgehead atoms. The first-order chi connectivity index (χ1) is 7.69. The standard InChI is InChI=1S/C11H13NO3S/c1-15-11(14)10(12-9(13)7-16)8-5-3-2-4-6-8/h2-6,10,16H,7H2,1H3,(H,12,13). The number of nitrogens with one attached hydrogen (secondary N) is 1. The van der Waals surface area contributed by atoms with E-state index in [9.17, 15) is 9.59 Å². The lowest BCUT2D eigenvalue weighted by Gasteiger charge is -2.16. The predicted molar refractivity (Wildman–Crippen MR) is 63.2 cm³/mol. The van der Waals surface area contributed by atoms with E-state index in [0.29, 0.717) is 5.56 Å². The summed E-state index contributed by atoms with van der Waals surface area (Å²) < 4.78 is 4.63. The molecule has 1 rings (SSSR count). The van der Waals surface area contributed by atoms with E-state index in [1.54, 1.807) is 24.3 Å². The molecule has 4 nitrogen and oxygen atoms in total. The molecule has 0 aliphatic rings. The van der Waals surface area contributed by atoms with Gasteiger partial charge in [-0.05, 0) is 5.56 Å². The topological polar surface area (TPSA) is 55.4 Å². The normalized spacial score (nSPS) is 11.6. The fourth-order valence-electron chi connectivity index (χ4n) is 1.25. The van der Waals surface area contributed by atoms with Gasteiger partial charge < -0.3 is 10.1 Å². The zero-order chi connectivity index (χ0) is 12.0. The van der Waals surface area contributed by atoms with Crippen molar-refractivity contribution in [1.82, 2.24) is 5.32 Å². The van der Waals surface area contributed by atoms with Crippen molar-refractivity contribution in [3.05, 3.63) is 35.9 Å². The summed E-state index contributed by atoms with van der Waals surface area (Å²) in [6, 6.07) is 8.14. The van der Waals surface area contributed by atoms with Gasteiger partial charge in [0.25, 0.3) is 0 Å². The molecular formula is C11H13NO3S. The van der Waals surface area contributed by atoms with Crippen molar-refractivity contribution in [3.8, 4) is 0 Å². The van der Waals surface area contributed by atoms with Crippen molar-refractivity contribution in [2.45, 2.75) is 6.04 Å². The molecule has 0 saturated heterocycles. The van der Waals surface area contributed by atoms with Crippen LogP contribution in [0.3, 0.4) is 0 Å². The summed E-state index contributed by atoms with van der Waals surface area (Å²) in [5.41, 5.74) is 0.685. The maximum Gasteiger partial charge on any atom is 0.333 e. The zero-order valence-electron chi connectivity index (χ0n) is 8.84. The van der Waals surface area contributed by atoms with Crippen molar-refractivity contribution >= 4 is 24.5 Å². The van der Waals surface area contributed by atoms with E-state index in [1.165, 1.54) is 7.11 Å². The van der Waals surface area contributed by atoms with Crippen LogP contribution in [-0.2, 0) is 14.3 Å². The third-order valence-electron chi connectivity index (χ3n) is 2.02. The highest BCUT2D eigenvalue weighted by Gasteiger charge is 2.22. The van der Waals surface area contributed by atoms with E-state index in [-0.39, 0.29) is 11.7 Å².